The van der Waals surface area contributed by atoms with Crippen LogP contribution in [0.1, 0.15) is 13.3 Å². The molecule has 0 aliphatic rings. The average Bonchev–Trinajstić information content (AvgIpc) is 1.85. The molecule has 0 aromatic heterocycles. The van der Waals surface area contributed by atoms with E-state index < -0.39 is 18.1 Å². The second-order valence-electron chi connectivity index (χ2n) is 3.07. The van der Waals surface area contributed by atoms with Crippen molar-refractivity contribution in [3.05, 3.63) is 0 Å². The topological polar surface area (TPSA) is 52.5 Å². The van der Waals surface area contributed by atoms with E-state index in [-0.39, 0.29) is 13.0 Å². The highest BCUT2D eigenvalue weighted by molar-refractivity contribution is 4.79. The highest BCUT2D eigenvalue weighted by Gasteiger charge is 2.34. The van der Waals surface area contributed by atoms with Crippen LogP contribution in [0.15, 0.2) is 0 Å². The normalized spacial score (nSPS) is 19.2. The maximum Gasteiger partial charge on any atom is 0.266 e. The zero-order valence-electron chi connectivity index (χ0n) is 7.22. The fourth-order valence-corrected chi connectivity index (χ4v) is 0.874. The summed E-state index contributed by atoms with van der Waals surface area (Å²) in [6, 6.07) is 0. The molecule has 2 unspecified atom stereocenters. The maximum absolute atomic E-state index is 12.0. The van der Waals surface area contributed by atoms with Crippen LogP contribution in [-0.4, -0.2) is 41.9 Å². The molecule has 0 fully saturated rings. The zero-order chi connectivity index (χ0) is 9.78. The van der Waals surface area contributed by atoms with Crippen LogP contribution in [0, 0.1) is 0 Å². The van der Waals surface area contributed by atoms with Gasteiger partial charge in [0, 0.05) is 13.0 Å². The Morgan fingerprint density at radius 3 is 2.33 bits per heavy atom. The van der Waals surface area contributed by atoms with Gasteiger partial charge in [-0.25, -0.2) is 8.78 Å². The quantitative estimate of drug-likeness (QED) is 0.561. The molecule has 0 saturated heterocycles. The van der Waals surface area contributed by atoms with Gasteiger partial charge in [-0.15, -0.1) is 0 Å². The van der Waals surface area contributed by atoms with Crippen molar-refractivity contribution in [3.8, 4) is 0 Å². The molecule has 0 amide bonds. The fraction of sp³-hybridized carbons (Fsp3) is 1.00. The van der Waals surface area contributed by atoms with Crippen LogP contribution in [-0.2, 0) is 0 Å². The van der Waals surface area contributed by atoms with Crippen LogP contribution in [0.5, 0.6) is 0 Å². The van der Waals surface area contributed by atoms with E-state index in [0.717, 1.165) is 6.92 Å². The molecule has 2 atom stereocenters. The molecule has 0 saturated carbocycles. The summed E-state index contributed by atoms with van der Waals surface area (Å²) >= 11 is 0. The fourth-order valence-electron chi connectivity index (χ4n) is 0.874. The van der Waals surface area contributed by atoms with E-state index >= 15 is 0 Å². The zero-order valence-corrected chi connectivity index (χ0v) is 7.22. The minimum absolute atomic E-state index is 0.197. The lowest BCUT2D eigenvalue weighted by molar-refractivity contribution is -0.105. The molecule has 0 aliphatic carbocycles. The third kappa shape index (κ3) is 3.94. The first-order valence-electron chi connectivity index (χ1n) is 3.73. The van der Waals surface area contributed by atoms with E-state index in [0.29, 0.717) is 0 Å². The van der Waals surface area contributed by atoms with E-state index in [9.17, 15) is 8.78 Å². The first-order valence-corrected chi connectivity index (χ1v) is 3.73. The average molecular weight is 183 g/mol. The van der Waals surface area contributed by atoms with Crippen molar-refractivity contribution in [2.75, 3.05) is 13.6 Å². The summed E-state index contributed by atoms with van der Waals surface area (Å²) in [7, 11) is 1.60. The number of aliphatic hydroxyl groups is 2. The summed E-state index contributed by atoms with van der Waals surface area (Å²) < 4.78 is 24.1. The highest BCUT2D eigenvalue weighted by atomic mass is 19.3. The van der Waals surface area contributed by atoms with Crippen molar-refractivity contribution >= 4 is 0 Å². The monoisotopic (exact) mass is 183 g/mol. The molecule has 3 nitrogen and oxygen atoms in total. The van der Waals surface area contributed by atoms with Crippen LogP contribution in [0.4, 0.5) is 8.78 Å². The van der Waals surface area contributed by atoms with Gasteiger partial charge in [-0.3, -0.25) is 0 Å². The Bertz CT molecular complexity index is 131. The third-order valence-corrected chi connectivity index (χ3v) is 1.56. The van der Waals surface area contributed by atoms with Gasteiger partial charge in [0.2, 0.25) is 0 Å². The smallest absolute Gasteiger partial charge is 0.266 e. The van der Waals surface area contributed by atoms with Gasteiger partial charge in [0.15, 0.2) is 0 Å². The second kappa shape index (κ2) is 4.69. The Kier molecular flexibility index (Phi) is 4.59. The minimum Gasteiger partial charge on any atom is -0.392 e. The third-order valence-electron chi connectivity index (χ3n) is 1.56. The number of hydrogen-bond acceptors (Lipinski definition) is 3. The summed E-state index contributed by atoms with van der Waals surface area (Å²) in [5.74, 6) is 0. The van der Waals surface area contributed by atoms with Crippen molar-refractivity contribution in [2.45, 2.75) is 31.5 Å². The number of alkyl halides is 2. The van der Waals surface area contributed by atoms with Crippen LogP contribution >= 0.6 is 0 Å². The molecule has 0 bridgehead atoms. The van der Waals surface area contributed by atoms with E-state index in [1.54, 1.807) is 7.05 Å². The highest BCUT2D eigenvalue weighted by Crippen LogP contribution is 2.20. The molecular formula is C7H15F2NO2. The number of likely N-dealkylation sites (N-methyl/N-ethyl adjacent to an activating group) is 1. The number of aliphatic hydroxyl groups excluding tert-OH is 1. The molecule has 0 aromatic rings. The Balaban J connectivity index is 3.88. The van der Waals surface area contributed by atoms with E-state index in [2.05, 4.69) is 5.32 Å². The van der Waals surface area contributed by atoms with Gasteiger partial charge in [0.1, 0.15) is 5.60 Å². The molecule has 0 radical (unpaired) electrons. The molecule has 0 aliphatic heterocycles. The van der Waals surface area contributed by atoms with Crippen molar-refractivity contribution in [3.63, 3.8) is 0 Å². The second-order valence-corrected chi connectivity index (χ2v) is 3.07. The lowest BCUT2D eigenvalue weighted by Crippen LogP contribution is -2.40. The summed E-state index contributed by atoms with van der Waals surface area (Å²) in [6.45, 7) is 1.21. The van der Waals surface area contributed by atoms with Gasteiger partial charge in [0.25, 0.3) is 6.43 Å². The standard InChI is InChI=1S/C7H15F2NO2/c1-7(12,6(8)9)3-5(11)4-10-2/h5-6,10-12H,3-4H2,1-2H3. The lowest BCUT2D eigenvalue weighted by Gasteiger charge is -2.24. The molecule has 3 N–H and O–H groups in total. The van der Waals surface area contributed by atoms with Gasteiger partial charge in [-0.2, -0.15) is 0 Å². The molecule has 5 heteroatoms. The van der Waals surface area contributed by atoms with Crippen LogP contribution in [0.3, 0.4) is 0 Å². The lowest BCUT2D eigenvalue weighted by atomic mass is 9.99. The van der Waals surface area contributed by atoms with Crippen molar-refractivity contribution in [2.24, 2.45) is 0 Å². The van der Waals surface area contributed by atoms with E-state index in [1.165, 1.54) is 0 Å². The maximum atomic E-state index is 12.0. The minimum atomic E-state index is -2.83. The van der Waals surface area contributed by atoms with E-state index in [1.807, 2.05) is 0 Å². The van der Waals surface area contributed by atoms with Gasteiger partial charge in [-0.1, -0.05) is 0 Å². The first kappa shape index (κ1) is 11.7. The number of halogens is 2. The first-order chi connectivity index (χ1) is 5.40. The molecule has 0 aromatic carbocycles. The Labute approximate surface area is 70.4 Å². The van der Waals surface area contributed by atoms with Crippen molar-refractivity contribution in [1.82, 2.24) is 5.32 Å². The number of rotatable bonds is 5. The molecule has 0 spiro atoms. The summed E-state index contributed by atoms with van der Waals surface area (Å²) in [4.78, 5) is 0. The van der Waals surface area contributed by atoms with Crippen molar-refractivity contribution in [1.29, 1.82) is 0 Å². The predicted molar refractivity (Wildman–Crippen MR) is 41.2 cm³/mol. The van der Waals surface area contributed by atoms with Crippen molar-refractivity contribution < 1.29 is 19.0 Å². The molecule has 0 rings (SSSR count). The SMILES string of the molecule is CNCC(O)CC(C)(O)C(F)F. The molecular weight excluding hydrogens is 168 g/mol. The Morgan fingerprint density at radius 2 is 2.00 bits per heavy atom. The summed E-state index contributed by atoms with van der Waals surface area (Å²) in [5, 5.41) is 20.8. The molecule has 0 heterocycles. The van der Waals surface area contributed by atoms with Gasteiger partial charge in [-0.05, 0) is 14.0 Å². The summed E-state index contributed by atoms with van der Waals surface area (Å²) in [6.07, 6.45) is -4.10. The largest absolute Gasteiger partial charge is 0.392 e. The van der Waals surface area contributed by atoms with Gasteiger partial charge >= 0.3 is 0 Å². The van der Waals surface area contributed by atoms with Gasteiger partial charge < -0.3 is 15.5 Å². The van der Waals surface area contributed by atoms with Crippen LogP contribution < -0.4 is 5.32 Å². The van der Waals surface area contributed by atoms with Crippen LogP contribution in [0.2, 0.25) is 0 Å². The molecule has 74 valence electrons. The number of nitrogens with one attached hydrogen (secondary N) is 1. The Hall–Kier alpha value is -0.260. The van der Waals surface area contributed by atoms with E-state index in [4.69, 9.17) is 10.2 Å². The Morgan fingerprint density at radius 1 is 1.50 bits per heavy atom. The van der Waals surface area contributed by atoms with Crippen LogP contribution in [0.25, 0.3) is 0 Å². The predicted octanol–water partition coefficient (Wildman–Crippen LogP) is -0.0271. The number of hydrogen-bond donors (Lipinski definition) is 3. The molecule has 12 heavy (non-hydrogen) atoms. The van der Waals surface area contributed by atoms with Gasteiger partial charge in [0.05, 0.1) is 6.10 Å². The summed E-state index contributed by atoms with van der Waals surface area (Å²) in [5.41, 5.74) is -2.10.